The van der Waals surface area contributed by atoms with E-state index in [2.05, 4.69) is 5.32 Å². The molecule has 2 aromatic rings. The molecule has 11 nitrogen and oxygen atoms in total. The Kier molecular flexibility index (Phi) is 6.13. The molecule has 0 saturated carbocycles. The molecular weight excluding hydrogens is 422 g/mol. The molecule has 1 saturated heterocycles. The lowest BCUT2D eigenvalue weighted by Crippen LogP contribution is -2.63. The fourth-order valence-electron chi connectivity index (χ4n) is 4.63. The Balaban J connectivity index is 2.25. The van der Waals surface area contributed by atoms with E-state index in [1.54, 1.807) is 12.1 Å². The van der Waals surface area contributed by atoms with E-state index in [-0.39, 0.29) is 34.1 Å². The van der Waals surface area contributed by atoms with E-state index in [0.29, 0.717) is 0 Å². The fraction of sp³-hybridized carbons (Fsp3) is 0.429. The van der Waals surface area contributed by atoms with Gasteiger partial charge in [0.1, 0.15) is 17.5 Å². The lowest BCUT2D eigenvalue weighted by molar-refractivity contribution is -0.605. The number of para-hydroxylation sites is 2. The van der Waals surface area contributed by atoms with E-state index in [1.807, 2.05) is 0 Å². The number of phenolic OH excluding ortho intramolecular Hbond substituents is 2. The Labute approximate surface area is 183 Å². The second-order valence-corrected chi connectivity index (χ2v) is 8.20. The fourth-order valence-corrected chi connectivity index (χ4v) is 4.63. The average Bonchev–Trinajstić information content (AvgIpc) is 2.72. The van der Waals surface area contributed by atoms with Crippen LogP contribution in [0, 0.1) is 25.6 Å². The lowest BCUT2D eigenvalue weighted by atomic mass is 9.66. The second-order valence-electron chi connectivity index (χ2n) is 8.20. The molecule has 172 valence electrons. The van der Waals surface area contributed by atoms with Crippen LogP contribution in [0.2, 0.25) is 0 Å². The number of methoxy groups -OCH3 is 2. The predicted molar refractivity (Wildman–Crippen MR) is 113 cm³/mol. The number of rotatable bonds is 6. The molecule has 0 spiro atoms. The van der Waals surface area contributed by atoms with E-state index >= 15 is 0 Å². The zero-order chi connectivity index (χ0) is 23.8. The maximum atomic E-state index is 12.2. The molecule has 0 unspecified atom stereocenters. The van der Waals surface area contributed by atoms with Crippen molar-refractivity contribution in [2.45, 2.75) is 38.0 Å². The molecule has 1 aliphatic heterocycles. The van der Waals surface area contributed by atoms with Gasteiger partial charge in [-0.25, -0.2) is 0 Å². The molecule has 1 fully saturated rings. The second kappa shape index (κ2) is 8.50. The van der Waals surface area contributed by atoms with Gasteiger partial charge < -0.3 is 19.7 Å². The summed E-state index contributed by atoms with van der Waals surface area (Å²) in [5, 5.41) is 48.7. The third kappa shape index (κ3) is 3.64. The smallest absolute Gasteiger partial charge is 0.244 e. The Hall–Kier alpha value is -3.60. The Morgan fingerprint density at radius 3 is 1.53 bits per heavy atom. The predicted octanol–water partition coefficient (Wildman–Crippen LogP) is 2.82. The molecule has 0 aromatic heterocycles. The zero-order valence-corrected chi connectivity index (χ0v) is 18.0. The highest BCUT2D eigenvalue weighted by atomic mass is 16.6. The number of nitrogens with one attached hydrogen (secondary N) is 1. The number of phenols is 2. The summed E-state index contributed by atoms with van der Waals surface area (Å²) < 4.78 is 10.3. The van der Waals surface area contributed by atoms with Crippen LogP contribution in [0.5, 0.6) is 23.0 Å². The molecule has 4 atom stereocenters. The van der Waals surface area contributed by atoms with Crippen LogP contribution in [0.4, 0.5) is 0 Å². The van der Waals surface area contributed by atoms with Gasteiger partial charge in [0.2, 0.25) is 12.1 Å². The maximum absolute atomic E-state index is 12.2. The average molecular weight is 447 g/mol. The summed E-state index contributed by atoms with van der Waals surface area (Å²) in [5.41, 5.74) is -1.17. The van der Waals surface area contributed by atoms with Gasteiger partial charge in [0, 0.05) is 21.0 Å². The van der Waals surface area contributed by atoms with Crippen LogP contribution < -0.4 is 14.8 Å². The van der Waals surface area contributed by atoms with Crippen LogP contribution in [-0.4, -0.2) is 46.4 Å². The zero-order valence-electron chi connectivity index (χ0n) is 18.0. The van der Waals surface area contributed by atoms with Crippen molar-refractivity contribution >= 4 is 0 Å². The van der Waals surface area contributed by atoms with E-state index in [4.69, 9.17) is 9.47 Å². The van der Waals surface area contributed by atoms with Crippen LogP contribution in [0.3, 0.4) is 0 Å². The lowest BCUT2D eigenvalue weighted by Gasteiger charge is -2.44. The van der Waals surface area contributed by atoms with E-state index in [0.717, 1.165) is 0 Å². The third-order valence-electron chi connectivity index (χ3n) is 6.14. The van der Waals surface area contributed by atoms with Gasteiger partial charge in [-0.15, -0.1) is 0 Å². The minimum absolute atomic E-state index is 0.112. The largest absolute Gasteiger partial charge is 0.504 e. The Morgan fingerprint density at radius 1 is 0.844 bits per heavy atom. The number of ether oxygens (including phenoxy) is 2. The molecular formula is C21H25N3O8. The molecule has 1 heterocycles. The first-order chi connectivity index (χ1) is 15.1. The first kappa shape index (κ1) is 23.1. The molecule has 3 rings (SSSR count). The first-order valence-electron chi connectivity index (χ1n) is 9.81. The minimum atomic E-state index is -1.49. The number of nitrogens with zero attached hydrogens (tertiary/aromatic N) is 2. The van der Waals surface area contributed by atoms with Gasteiger partial charge in [0.05, 0.1) is 14.2 Å². The topological polar surface area (TPSA) is 157 Å². The number of hydrogen-bond acceptors (Lipinski definition) is 9. The molecule has 2 aromatic carbocycles. The molecule has 11 heteroatoms. The normalized spacial score (nSPS) is 24.5. The summed E-state index contributed by atoms with van der Waals surface area (Å²) in [6, 6.07) is 3.93. The first-order valence-corrected chi connectivity index (χ1v) is 9.81. The molecule has 0 aliphatic carbocycles. The quantitative estimate of drug-likeness (QED) is 0.447. The number of benzene rings is 2. The third-order valence-corrected chi connectivity index (χ3v) is 6.14. The SMILES string of the molecule is COc1cccc([C@H]2N[C@H](c3cccc(OC)c3O)[C@@H]([N+](=O)[O-])C(C)(C)[C@@H]2[N+](=O)[O-])c1O. The minimum Gasteiger partial charge on any atom is -0.504 e. The molecule has 0 radical (unpaired) electrons. The highest BCUT2D eigenvalue weighted by molar-refractivity contribution is 5.50. The van der Waals surface area contributed by atoms with Gasteiger partial charge >= 0.3 is 0 Å². The van der Waals surface area contributed by atoms with Crippen LogP contribution in [0.15, 0.2) is 36.4 Å². The molecule has 3 N–H and O–H groups in total. The monoisotopic (exact) mass is 447 g/mol. The number of hydrogen-bond donors (Lipinski definition) is 3. The van der Waals surface area contributed by atoms with Crippen LogP contribution in [0.1, 0.15) is 37.1 Å². The van der Waals surface area contributed by atoms with Crippen molar-refractivity contribution in [3.05, 3.63) is 67.8 Å². The van der Waals surface area contributed by atoms with Crippen LogP contribution in [-0.2, 0) is 0 Å². The number of piperidine rings is 1. The number of aromatic hydroxyl groups is 2. The van der Waals surface area contributed by atoms with Crippen molar-refractivity contribution in [3.8, 4) is 23.0 Å². The van der Waals surface area contributed by atoms with Gasteiger partial charge in [0.15, 0.2) is 23.0 Å². The highest BCUT2D eigenvalue weighted by Gasteiger charge is 2.63. The summed E-state index contributed by atoms with van der Waals surface area (Å²) in [6.45, 7) is 2.90. The van der Waals surface area contributed by atoms with Crippen molar-refractivity contribution in [1.29, 1.82) is 0 Å². The van der Waals surface area contributed by atoms with Gasteiger partial charge in [-0.2, -0.15) is 0 Å². The summed E-state index contributed by atoms with van der Waals surface area (Å²) in [5.74, 6) is -0.380. The van der Waals surface area contributed by atoms with Gasteiger partial charge in [-0.3, -0.25) is 25.5 Å². The van der Waals surface area contributed by atoms with Crippen molar-refractivity contribution in [2.24, 2.45) is 5.41 Å². The molecule has 1 aliphatic rings. The van der Waals surface area contributed by atoms with Crippen molar-refractivity contribution in [3.63, 3.8) is 0 Å². The molecule has 0 amide bonds. The summed E-state index contributed by atoms with van der Waals surface area (Å²) >= 11 is 0. The number of nitro groups is 2. The van der Waals surface area contributed by atoms with Crippen molar-refractivity contribution < 1.29 is 29.5 Å². The van der Waals surface area contributed by atoms with Gasteiger partial charge in [-0.05, 0) is 26.0 Å². The summed E-state index contributed by atoms with van der Waals surface area (Å²) in [6.07, 6.45) is 0. The van der Waals surface area contributed by atoms with E-state index < -0.39 is 39.4 Å². The standard InChI is InChI=1S/C21H25N3O8/c1-21(2)19(23(27)28)15(11-7-5-9-13(31-3)17(11)25)22-16(20(21)24(29)30)12-8-6-10-14(32-4)18(12)26/h5-10,15-16,19-20,22,25-26H,1-4H3/t15-,16-,19-,20-/m1/s1. The Morgan fingerprint density at radius 2 is 1.22 bits per heavy atom. The molecule has 32 heavy (non-hydrogen) atoms. The van der Waals surface area contributed by atoms with E-state index in [9.17, 15) is 30.4 Å². The van der Waals surface area contributed by atoms with Crippen LogP contribution >= 0.6 is 0 Å². The summed E-state index contributed by atoms with van der Waals surface area (Å²) in [7, 11) is 2.70. The van der Waals surface area contributed by atoms with E-state index in [1.165, 1.54) is 52.3 Å². The Bertz CT molecular complexity index is 962. The maximum Gasteiger partial charge on any atom is 0.244 e. The van der Waals surface area contributed by atoms with Gasteiger partial charge in [-0.1, -0.05) is 24.3 Å². The van der Waals surface area contributed by atoms with Crippen LogP contribution in [0.25, 0.3) is 0 Å². The highest BCUT2D eigenvalue weighted by Crippen LogP contribution is 2.50. The van der Waals surface area contributed by atoms with Gasteiger partial charge in [0.25, 0.3) is 0 Å². The summed E-state index contributed by atoms with van der Waals surface area (Å²) in [4.78, 5) is 23.2. The van der Waals surface area contributed by atoms with Crippen molar-refractivity contribution in [1.82, 2.24) is 5.32 Å². The molecule has 0 bridgehead atoms. The van der Waals surface area contributed by atoms with Crippen molar-refractivity contribution in [2.75, 3.05) is 14.2 Å².